The summed E-state index contributed by atoms with van der Waals surface area (Å²) in [4.78, 5) is 19.8. The van der Waals surface area contributed by atoms with E-state index in [-0.39, 0.29) is 5.56 Å². The highest BCUT2D eigenvalue weighted by Gasteiger charge is 2.18. The molecule has 0 aliphatic carbocycles. The Labute approximate surface area is 151 Å². The quantitative estimate of drug-likeness (QED) is 0.754. The summed E-state index contributed by atoms with van der Waals surface area (Å²) in [7, 11) is 0. The predicted octanol–water partition coefficient (Wildman–Crippen LogP) is 3.25. The lowest BCUT2D eigenvalue weighted by Gasteiger charge is -2.16. The van der Waals surface area contributed by atoms with Crippen LogP contribution in [-0.4, -0.2) is 21.7 Å². The molecule has 0 spiro atoms. The minimum absolute atomic E-state index is 0.176. The fourth-order valence-electron chi connectivity index (χ4n) is 3.23. The maximum Gasteiger partial charge on any atom is 0.259 e. The number of hydrogen-bond acceptors (Lipinski definition) is 5. The van der Waals surface area contributed by atoms with Crippen molar-refractivity contribution >= 4 is 0 Å². The molecule has 26 heavy (non-hydrogen) atoms. The molecule has 0 saturated heterocycles. The zero-order chi connectivity index (χ0) is 18.1. The molecule has 134 valence electrons. The molecule has 6 heteroatoms. The van der Waals surface area contributed by atoms with Crippen LogP contribution in [0.25, 0.3) is 22.8 Å². The number of nitrogens with zero attached hydrogens (tertiary/aromatic N) is 2. The first-order chi connectivity index (χ1) is 12.7. The third-order valence-corrected chi connectivity index (χ3v) is 5.09. The SMILES string of the molecule is CCC(C)c1ccc(-c2nc(-c3cc4c([nH]c3=O)CCNC4)no2)cc1. The van der Waals surface area contributed by atoms with E-state index in [0.717, 1.165) is 42.8 Å². The van der Waals surface area contributed by atoms with Gasteiger partial charge in [0.2, 0.25) is 5.82 Å². The Morgan fingerprint density at radius 3 is 2.85 bits per heavy atom. The summed E-state index contributed by atoms with van der Waals surface area (Å²) in [6.07, 6.45) is 1.92. The van der Waals surface area contributed by atoms with Gasteiger partial charge in [0, 0.05) is 30.8 Å². The summed E-state index contributed by atoms with van der Waals surface area (Å²) < 4.78 is 5.40. The van der Waals surface area contributed by atoms with Gasteiger partial charge >= 0.3 is 0 Å². The monoisotopic (exact) mass is 350 g/mol. The number of benzene rings is 1. The molecule has 3 aromatic rings. The van der Waals surface area contributed by atoms with Crippen molar-refractivity contribution in [2.75, 3.05) is 6.54 Å². The molecule has 1 unspecified atom stereocenters. The summed E-state index contributed by atoms with van der Waals surface area (Å²) in [5.41, 5.74) is 4.47. The Morgan fingerprint density at radius 2 is 2.08 bits per heavy atom. The van der Waals surface area contributed by atoms with Gasteiger partial charge in [-0.25, -0.2) is 0 Å². The molecule has 4 rings (SSSR count). The molecule has 3 heterocycles. The van der Waals surface area contributed by atoms with E-state index in [1.165, 1.54) is 5.56 Å². The number of fused-ring (bicyclic) bond motifs is 1. The first-order valence-corrected chi connectivity index (χ1v) is 9.06. The van der Waals surface area contributed by atoms with E-state index in [9.17, 15) is 4.79 Å². The second kappa shape index (κ2) is 6.88. The Morgan fingerprint density at radius 1 is 1.27 bits per heavy atom. The van der Waals surface area contributed by atoms with Crippen molar-refractivity contribution in [2.45, 2.75) is 39.2 Å². The Balaban J connectivity index is 1.65. The lowest BCUT2D eigenvalue weighted by atomic mass is 9.98. The fourth-order valence-corrected chi connectivity index (χ4v) is 3.23. The van der Waals surface area contributed by atoms with Crippen LogP contribution >= 0.6 is 0 Å². The van der Waals surface area contributed by atoms with Gasteiger partial charge < -0.3 is 14.8 Å². The Bertz CT molecular complexity index is 972. The average Bonchev–Trinajstić information content (AvgIpc) is 3.17. The summed E-state index contributed by atoms with van der Waals surface area (Å²) >= 11 is 0. The van der Waals surface area contributed by atoms with Crippen LogP contribution in [0.15, 0.2) is 39.6 Å². The summed E-state index contributed by atoms with van der Waals surface area (Å²) in [5, 5.41) is 7.32. The molecule has 6 nitrogen and oxygen atoms in total. The molecular weight excluding hydrogens is 328 g/mol. The highest BCUT2D eigenvalue weighted by atomic mass is 16.5. The van der Waals surface area contributed by atoms with Gasteiger partial charge in [-0.05, 0) is 41.7 Å². The van der Waals surface area contributed by atoms with E-state index in [1.807, 2.05) is 18.2 Å². The molecule has 1 aliphatic heterocycles. The number of nitrogens with one attached hydrogen (secondary N) is 2. The van der Waals surface area contributed by atoms with Crippen molar-refractivity contribution in [3.63, 3.8) is 0 Å². The molecule has 0 fully saturated rings. The molecule has 0 radical (unpaired) electrons. The smallest absolute Gasteiger partial charge is 0.259 e. The van der Waals surface area contributed by atoms with Crippen LogP contribution in [0.1, 0.15) is 43.0 Å². The van der Waals surface area contributed by atoms with Crippen molar-refractivity contribution in [1.29, 1.82) is 0 Å². The summed E-state index contributed by atoms with van der Waals surface area (Å²) in [6.45, 7) is 5.99. The molecule has 2 N–H and O–H groups in total. The number of hydrogen-bond donors (Lipinski definition) is 2. The minimum atomic E-state index is -0.176. The standard InChI is InChI=1S/C20H22N4O2/c1-3-12(2)13-4-6-14(7-5-13)20-23-18(24-26-20)16-10-15-11-21-9-8-17(15)22-19(16)25/h4-7,10,12,21H,3,8-9,11H2,1-2H3,(H,22,25). The van der Waals surface area contributed by atoms with Crippen LogP contribution in [0.4, 0.5) is 0 Å². The molecule has 0 saturated carbocycles. The van der Waals surface area contributed by atoms with Crippen LogP contribution in [0, 0.1) is 0 Å². The number of rotatable bonds is 4. The van der Waals surface area contributed by atoms with E-state index in [0.29, 0.717) is 23.2 Å². The van der Waals surface area contributed by atoms with Gasteiger partial charge in [-0.2, -0.15) is 4.98 Å². The van der Waals surface area contributed by atoms with Crippen LogP contribution in [0.5, 0.6) is 0 Å². The number of aromatic nitrogens is 3. The minimum Gasteiger partial charge on any atom is -0.334 e. The zero-order valence-electron chi connectivity index (χ0n) is 15.0. The summed E-state index contributed by atoms with van der Waals surface area (Å²) in [6, 6.07) is 10.0. The third kappa shape index (κ3) is 3.08. The first-order valence-electron chi connectivity index (χ1n) is 9.06. The van der Waals surface area contributed by atoms with Gasteiger partial charge in [0.1, 0.15) is 0 Å². The normalized spacial score (nSPS) is 14.8. The summed E-state index contributed by atoms with van der Waals surface area (Å²) in [5.74, 6) is 1.26. The van der Waals surface area contributed by atoms with Crippen LogP contribution in [0.2, 0.25) is 0 Å². The molecular formula is C20H22N4O2. The van der Waals surface area contributed by atoms with Gasteiger partial charge in [0.25, 0.3) is 11.4 Å². The molecule has 1 atom stereocenters. The molecule has 0 amide bonds. The topological polar surface area (TPSA) is 83.8 Å². The second-order valence-corrected chi connectivity index (χ2v) is 6.80. The second-order valence-electron chi connectivity index (χ2n) is 6.80. The van der Waals surface area contributed by atoms with Gasteiger partial charge in [0.05, 0.1) is 5.56 Å². The van der Waals surface area contributed by atoms with E-state index < -0.39 is 0 Å². The van der Waals surface area contributed by atoms with Crippen molar-refractivity contribution < 1.29 is 4.52 Å². The number of aromatic amines is 1. The maximum absolute atomic E-state index is 12.4. The van der Waals surface area contributed by atoms with Gasteiger partial charge in [-0.15, -0.1) is 0 Å². The fraction of sp³-hybridized carbons (Fsp3) is 0.350. The molecule has 1 aliphatic rings. The average molecular weight is 350 g/mol. The highest BCUT2D eigenvalue weighted by molar-refractivity contribution is 5.60. The van der Waals surface area contributed by atoms with Crippen LogP contribution < -0.4 is 10.9 Å². The van der Waals surface area contributed by atoms with Gasteiger partial charge in [0.15, 0.2) is 0 Å². The Kier molecular flexibility index (Phi) is 4.42. The maximum atomic E-state index is 12.4. The zero-order valence-corrected chi connectivity index (χ0v) is 15.0. The van der Waals surface area contributed by atoms with E-state index in [2.05, 4.69) is 46.4 Å². The van der Waals surface area contributed by atoms with Crippen molar-refractivity contribution in [3.05, 3.63) is 57.5 Å². The van der Waals surface area contributed by atoms with E-state index in [1.54, 1.807) is 0 Å². The molecule has 1 aromatic carbocycles. The van der Waals surface area contributed by atoms with E-state index in [4.69, 9.17) is 4.52 Å². The number of pyridine rings is 1. The van der Waals surface area contributed by atoms with Crippen molar-refractivity contribution in [3.8, 4) is 22.8 Å². The van der Waals surface area contributed by atoms with Gasteiger partial charge in [-0.1, -0.05) is 31.1 Å². The lowest BCUT2D eigenvalue weighted by Crippen LogP contribution is -2.27. The molecule has 0 bridgehead atoms. The molecule has 2 aromatic heterocycles. The largest absolute Gasteiger partial charge is 0.334 e. The van der Waals surface area contributed by atoms with E-state index >= 15 is 0 Å². The van der Waals surface area contributed by atoms with Crippen molar-refractivity contribution in [2.24, 2.45) is 0 Å². The lowest BCUT2D eigenvalue weighted by molar-refractivity contribution is 0.432. The third-order valence-electron chi connectivity index (χ3n) is 5.09. The van der Waals surface area contributed by atoms with Crippen molar-refractivity contribution in [1.82, 2.24) is 20.4 Å². The van der Waals surface area contributed by atoms with Crippen LogP contribution in [0.3, 0.4) is 0 Å². The Hall–Kier alpha value is -2.73. The van der Waals surface area contributed by atoms with Crippen LogP contribution in [-0.2, 0) is 13.0 Å². The number of H-pyrrole nitrogens is 1. The first kappa shape index (κ1) is 16.7. The predicted molar refractivity (Wildman–Crippen MR) is 99.9 cm³/mol. The highest BCUT2D eigenvalue weighted by Crippen LogP contribution is 2.25. The van der Waals surface area contributed by atoms with Gasteiger partial charge in [-0.3, -0.25) is 4.79 Å².